The summed E-state index contributed by atoms with van der Waals surface area (Å²) in [5, 5.41) is 7.04. The number of likely N-dealkylation sites (tertiary alicyclic amines) is 1. The highest BCUT2D eigenvalue weighted by Gasteiger charge is 2.36. The fourth-order valence-electron chi connectivity index (χ4n) is 2.98. The standard InChI is InChI=1S/C14H18ClN3O/c15-11-4-1-5-12(7-11)17-14(19)18-8-10-3-2-6-16-13(10)9-18/h1,4-5,7,10,13,16H,2-3,6,8-9H2,(H,17,19)/t10-,13+/m0/s1. The van der Waals surface area contributed by atoms with Crippen molar-refractivity contribution in [2.24, 2.45) is 5.92 Å². The Kier molecular flexibility index (Phi) is 3.62. The minimum Gasteiger partial charge on any atom is -0.323 e. The lowest BCUT2D eigenvalue weighted by Gasteiger charge is -2.24. The number of carbonyl (C=O) groups is 1. The molecule has 1 aromatic carbocycles. The van der Waals surface area contributed by atoms with Gasteiger partial charge in [-0.05, 0) is 43.5 Å². The minimum atomic E-state index is -0.0292. The Balaban J connectivity index is 1.62. The van der Waals surface area contributed by atoms with Gasteiger partial charge < -0.3 is 15.5 Å². The van der Waals surface area contributed by atoms with E-state index in [1.54, 1.807) is 12.1 Å². The number of rotatable bonds is 1. The highest BCUT2D eigenvalue weighted by molar-refractivity contribution is 6.30. The zero-order chi connectivity index (χ0) is 13.2. The van der Waals surface area contributed by atoms with Crippen LogP contribution >= 0.6 is 11.6 Å². The summed E-state index contributed by atoms with van der Waals surface area (Å²) < 4.78 is 0. The van der Waals surface area contributed by atoms with Crippen molar-refractivity contribution in [3.63, 3.8) is 0 Å². The largest absolute Gasteiger partial charge is 0.323 e. The van der Waals surface area contributed by atoms with Crippen molar-refractivity contribution < 1.29 is 4.79 Å². The second-order valence-electron chi connectivity index (χ2n) is 5.31. The normalized spacial score (nSPS) is 26.1. The van der Waals surface area contributed by atoms with Crippen LogP contribution in [0.3, 0.4) is 0 Å². The van der Waals surface area contributed by atoms with Gasteiger partial charge in [0.05, 0.1) is 0 Å². The summed E-state index contributed by atoms with van der Waals surface area (Å²) in [6.07, 6.45) is 2.43. The summed E-state index contributed by atoms with van der Waals surface area (Å²) >= 11 is 5.91. The van der Waals surface area contributed by atoms with Crippen LogP contribution in [-0.2, 0) is 0 Å². The van der Waals surface area contributed by atoms with Crippen LogP contribution < -0.4 is 10.6 Å². The Morgan fingerprint density at radius 2 is 2.32 bits per heavy atom. The van der Waals surface area contributed by atoms with Crippen LogP contribution in [0.1, 0.15) is 12.8 Å². The molecule has 5 heteroatoms. The molecule has 2 saturated heterocycles. The molecule has 3 rings (SSSR count). The number of amides is 2. The zero-order valence-corrected chi connectivity index (χ0v) is 11.5. The van der Waals surface area contributed by atoms with Crippen LogP contribution in [0.15, 0.2) is 24.3 Å². The molecule has 0 aliphatic carbocycles. The van der Waals surface area contributed by atoms with E-state index in [0.29, 0.717) is 17.0 Å². The topological polar surface area (TPSA) is 44.4 Å². The number of nitrogens with one attached hydrogen (secondary N) is 2. The molecule has 0 bridgehead atoms. The van der Waals surface area contributed by atoms with Crippen LogP contribution in [0.4, 0.5) is 10.5 Å². The second-order valence-corrected chi connectivity index (χ2v) is 5.74. The Bertz CT molecular complexity index is 466. The van der Waals surface area contributed by atoms with Crippen molar-refractivity contribution in [1.82, 2.24) is 10.2 Å². The van der Waals surface area contributed by atoms with Gasteiger partial charge in [-0.3, -0.25) is 0 Å². The Morgan fingerprint density at radius 1 is 1.42 bits per heavy atom. The van der Waals surface area contributed by atoms with Crippen molar-refractivity contribution in [1.29, 1.82) is 0 Å². The van der Waals surface area contributed by atoms with E-state index in [1.165, 1.54) is 12.8 Å². The lowest BCUT2D eigenvalue weighted by atomic mass is 9.94. The van der Waals surface area contributed by atoms with E-state index in [9.17, 15) is 4.79 Å². The van der Waals surface area contributed by atoms with Crippen LogP contribution in [0.5, 0.6) is 0 Å². The van der Waals surface area contributed by atoms with E-state index in [4.69, 9.17) is 11.6 Å². The number of fused-ring (bicyclic) bond motifs is 1. The first-order chi connectivity index (χ1) is 9.22. The van der Waals surface area contributed by atoms with Gasteiger partial charge in [-0.25, -0.2) is 4.79 Å². The molecule has 0 spiro atoms. The van der Waals surface area contributed by atoms with Crippen LogP contribution in [-0.4, -0.2) is 36.6 Å². The third kappa shape index (κ3) is 2.85. The van der Waals surface area contributed by atoms with Gasteiger partial charge in [0.1, 0.15) is 0 Å². The number of urea groups is 1. The van der Waals surface area contributed by atoms with Crippen LogP contribution in [0, 0.1) is 5.92 Å². The smallest absolute Gasteiger partial charge is 0.321 e. The number of carbonyl (C=O) groups excluding carboxylic acids is 1. The fraction of sp³-hybridized carbons (Fsp3) is 0.500. The average Bonchev–Trinajstić information content (AvgIpc) is 2.82. The highest BCUT2D eigenvalue weighted by atomic mass is 35.5. The molecule has 2 heterocycles. The maximum Gasteiger partial charge on any atom is 0.321 e. The van der Waals surface area contributed by atoms with Gasteiger partial charge in [-0.1, -0.05) is 17.7 Å². The predicted molar refractivity (Wildman–Crippen MR) is 76.6 cm³/mol. The summed E-state index contributed by atoms with van der Waals surface area (Å²) in [7, 11) is 0. The summed E-state index contributed by atoms with van der Waals surface area (Å²) in [5.41, 5.74) is 0.750. The zero-order valence-electron chi connectivity index (χ0n) is 10.7. The molecule has 2 N–H and O–H groups in total. The van der Waals surface area contributed by atoms with Gasteiger partial charge in [0.25, 0.3) is 0 Å². The number of halogens is 1. The molecule has 2 aliphatic rings. The molecule has 19 heavy (non-hydrogen) atoms. The molecule has 102 valence electrons. The van der Waals surface area contributed by atoms with E-state index in [2.05, 4.69) is 10.6 Å². The molecular weight excluding hydrogens is 262 g/mol. The molecule has 0 unspecified atom stereocenters. The van der Waals surface area contributed by atoms with Crippen molar-refractivity contribution in [2.75, 3.05) is 25.0 Å². The van der Waals surface area contributed by atoms with E-state index >= 15 is 0 Å². The number of hydrogen-bond acceptors (Lipinski definition) is 2. The molecule has 4 nitrogen and oxygen atoms in total. The number of nitrogens with zero attached hydrogens (tertiary/aromatic N) is 1. The SMILES string of the molecule is O=C(Nc1cccc(Cl)c1)N1C[C@@H]2CCCN[C@@H]2C1. The molecular formula is C14H18ClN3O. The second kappa shape index (κ2) is 5.39. The molecule has 0 aromatic heterocycles. The minimum absolute atomic E-state index is 0.0292. The Hall–Kier alpha value is -1.26. The van der Waals surface area contributed by atoms with E-state index in [1.807, 2.05) is 17.0 Å². The maximum atomic E-state index is 12.2. The number of piperidine rings is 1. The molecule has 2 atom stereocenters. The monoisotopic (exact) mass is 279 g/mol. The predicted octanol–water partition coefficient (Wildman–Crippen LogP) is 2.56. The molecule has 2 amide bonds. The summed E-state index contributed by atoms with van der Waals surface area (Å²) in [4.78, 5) is 14.1. The average molecular weight is 280 g/mol. The van der Waals surface area contributed by atoms with E-state index in [-0.39, 0.29) is 6.03 Å². The lowest BCUT2D eigenvalue weighted by Crippen LogP contribution is -2.41. The van der Waals surface area contributed by atoms with E-state index < -0.39 is 0 Å². The summed E-state index contributed by atoms with van der Waals surface area (Å²) in [6, 6.07) is 7.69. The van der Waals surface area contributed by atoms with Crippen molar-refractivity contribution in [3.05, 3.63) is 29.3 Å². The summed E-state index contributed by atoms with van der Waals surface area (Å²) in [6.45, 7) is 2.73. The van der Waals surface area contributed by atoms with Gasteiger partial charge >= 0.3 is 6.03 Å². The molecule has 0 radical (unpaired) electrons. The fourth-order valence-corrected chi connectivity index (χ4v) is 3.17. The Labute approximate surface area is 118 Å². The third-order valence-electron chi connectivity index (χ3n) is 3.96. The quantitative estimate of drug-likeness (QED) is 0.830. The van der Waals surface area contributed by atoms with E-state index in [0.717, 1.165) is 25.3 Å². The van der Waals surface area contributed by atoms with Crippen molar-refractivity contribution in [3.8, 4) is 0 Å². The first-order valence-corrected chi connectivity index (χ1v) is 7.15. The van der Waals surface area contributed by atoms with Gasteiger partial charge in [-0.2, -0.15) is 0 Å². The van der Waals surface area contributed by atoms with Gasteiger partial charge in [-0.15, -0.1) is 0 Å². The van der Waals surface area contributed by atoms with Crippen LogP contribution in [0.25, 0.3) is 0 Å². The van der Waals surface area contributed by atoms with Gasteiger partial charge in [0.15, 0.2) is 0 Å². The molecule has 2 fully saturated rings. The first kappa shape index (κ1) is 12.8. The van der Waals surface area contributed by atoms with Crippen molar-refractivity contribution >= 4 is 23.3 Å². The Morgan fingerprint density at radius 3 is 3.11 bits per heavy atom. The highest BCUT2D eigenvalue weighted by Crippen LogP contribution is 2.25. The number of benzene rings is 1. The third-order valence-corrected chi connectivity index (χ3v) is 4.20. The number of hydrogen-bond donors (Lipinski definition) is 2. The molecule has 0 saturated carbocycles. The van der Waals surface area contributed by atoms with Gasteiger partial charge in [0, 0.05) is 29.8 Å². The first-order valence-electron chi connectivity index (χ1n) is 6.77. The van der Waals surface area contributed by atoms with Crippen LogP contribution in [0.2, 0.25) is 5.02 Å². The molecule has 1 aromatic rings. The van der Waals surface area contributed by atoms with Gasteiger partial charge in [0.2, 0.25) is 0 Å². The summed E-state index contributed by atoms with van der Waals surface area (Å²) in [5.74, 6) is 0.610. The number of anilines is 1. The maximum absolute atomic E-state index is 12.2. The van der Waals surface area contributed by atoms with Crippen molar-refractivity contribution in [2.45, 2.75) is 18.9 Å². The molecule has 2 aliphatic heterocycles. The lowest BCUT2D eigenvalue weighted by molar-refractivity contribution is 0.220.